The van der Waals surface area contributed by atoms with Crippen molar-refractivity contribution in [1.29, 1.82) is 0 Å². The van der Waals surface area contributed by atoms with Crippen LogP contribution in [0, 0.1) is 0 Å². The molecule has 0 spiro atoms. The van der Waals surface area contributed by atoms with Gasteiger partial charge in [-0.25, -0.2) is 0 Å². The lowest BCUT2D eigenvalue weighted by Gasteiger charge is -2.31. The van der Waals surface area contributed by atoms with Crippen molar-refractivity contribution >= 4 is 5.78 Å². The SMILES string of the molecule is O=C1CCN(Cc2ccccc2)C1COC1CCC(c2ccccc2)CC1. The molecule has 142 valence electrons. The van der Waals surface area contributed by atoms with Crippen LogP contribution < -0.4 is 0 Å². The molecular formula is C24H29NO2. The molecule has 0 bridgehead atoms. The monoisotopic (exact) mass is 363 g/mol. The van der Waals surface area contributed by atoms with Crippen LogP contribution in [0.2, 0.25) is 0 Å². The van der Waals surface area contributed by atoms with E-state index in [1.807, 2.05) is 6.07 Å². The Labute approximate surface area is 162 Å². The molecule has 0 aromatic heterocycles. The predicted molar refractivity (Wildman–Crippen MR) is 108 cm³/mol. The molecule has 27 heavy (non-hydrogen) atoms. The van der Waals surface area contributed by atoms with Crippen LogP contribution in [0.1, 0.15) is 49.1 Å². The number of hydrogen-bond donors (Lipinski definition) is 0. The Morgan fingerprint density at radius 3 is 2.26 bits per heavy atom. The van der Waals surface area contributed by atoms with Crippen LogP contribution in [0.5, 0.6) is 0 Å². The summed E-state index contributed by atoms with van der Waals surface area (Å²) in [5, 5.41) is 0. The third-order valence-corrected chi connectivity index (χ3v) is 6.12. The molecule has 2 aromatic rings. The fourth-order valence-corrected chi connectivity index (χ4v) is 4.50. The molecule has 1 unspecified atom stereocenters. The number of ketones is 1. The number of Topliss-reactive ketones (excluding diaryl/α,β-unsaturated/α-hetero) is 1. The van der Waals surface area contributed by atoms with Gasteiger partial charge in [0.25, 0.3) is 0 Å². The van der Waals surface area contributed by atoms with E-state index in [1.54, 1.807) is 0 Å². The van der Waals surface area contributed by atoms with Gasteiger partial charge in [0.2, 0.25) is 0 Å². The van der Waals surface area contributed by atoms with Crippen molar-refractivity contribution in [2.75, 3.05) is 13.2 Å². The predicted octanol–water partition coefficient (Wildman–Crippen LogP) is 4.57. The number of carbonyl (C=O) groups is 1. The van der Waals surface area contributed by atoms with Gasteiger partial charge in [-0.1, -0.05) is 60.7 Å². The minimum atomic E-state index is -0.0722. The Kier molecular flexibility index (Phi) is 6.00. The zero-order valence-corrected chi connectivity index (χ0v) is 15.9. The second-order valence-electron chi connectivity index (χ2n) is 7.91. The highest BCUT2D eigenvalue weighted by Gasteiger charge is 2.33. The van der Waals surface area contributed by atoms with Gasteiger partial charge in [-0.3, -0.25) is 9.69 Å². The fraction of sp³-hybridized carbons (Fsp3) is 0.458. The maximum Gasteiger partial charge on any atom is 0.153 e. The molecule has 0 amide bonds. The molecule has 4 rings (SSSR count). The van der Waals surface area contributed by atoms with Crippen molar-refractivity contribution in [3.8, 4) is 0 Å². The number of benzene rings is 2. The highest BCUT2D eigenvalue weighted by molar-refractivity contribution is 5.86. The van der Waals surface area contributed by atoms with Gasteiger partial charge in [-0.05, 0) is 42.7 Å². The first kappa shape index (κ1) is 18.4. The van der Waals surface area contributed by atoms with Crippen LogP contribution in [-0.2, 0) is 16.1 Å². The third-order valence-electron chi connectivity index (χ3n) is 6.12. The van der Waals surface area contributed by atoms with Gasteiger partial charge in [-0.2, -0.15) is 0 Å². The van der Waals surface area contributed by atoms with Crippen LogP contribution in [0.15, 0.2) is 60.7 Å². The average Bonchev–Trinajstić information content (AvgIpc) is 3.07. The Morgan fingerprint density at radius 1 is 0.889 bits per heavy atom. The van der Waals surface area contributed by atoms with Crippen LogP contribution >= 0.6 is 0 Å². The highest BCUT2D eigenvalue weighted by atomic mass is 16.5. The van der Waals surface area contributed by atoms with Gasteiger partial charge in [-0.15, -0.1) is 0 Å². The second kappa shape index (κ2) is 8.81. The van der Waals surface area contributed by atoms with Crippen molar-refractivity contribution in [3.05, 3.63) is 71.8 Å². The van der Waals surface area contributed by atoms with Gasteiger partial charge in [0, 0.05) is 19.5 Å². The maximum absolute atomic E-state index is 12.4. The number of ether oxygens (including phenoxy) is 1. The first-order valence-electron chi connectivity index (χ1n) is 10.3. The van der Waals surface area contributed by atoms with E-state index in [0.29, 0.717) is 30.8 Å². The molecular weight excluding hydrogens is 334 g/mol. The lowest BCUT2D eigenvalue weighted by atomic mass is 9.83. The Balaban J connectivity index is 1.27. The Hall–Kier alpha value is -1.97. The molecule has 3 nitrogen and oxygen atoms in total. The van der Waals surface area contributed by atoms with Gasteiger partial charge in [0.1, 0.15) is 0 Å². The van der Waals surface area contributed by atoms with E-state index >= 15 is 0 Å². The van der Waals surface area contributed by atoms with Crippen LogP contribution in [-0.4, -0.2) is 36.0 Å². The van der Waals surface area contributed by atoms with Gasteiger partial charge >= 0.3 is 0 Å². The molecule has 1 atom stereocenters. The maximum atomic E-state index is 12.4. The van der Waals surface area contributed by atoms with Crippen molar-refractivity contribution < 1.29 is 9.53 Å². The quantitative estimate of drug-likeness (QED) is 0.753. The van der Waals surface area contributed by atoms with Crippen molar-refractivity contribution in [1.82, 2.24) is 4.90 Å². The third kappa shape index (κ3) is 4.66. The summed E-state index contributed by atoms with van der Waals surface area (Å²) in [6.07, 6.45) is 5.51. The summed E-state index contributed by atoms with van der Waals surface area (Å²) in [5.41, 5.74) is 2.72. The van der Waals surface area contributed by atoms with Crippen LogP contribution in [0.25, 0.3) is 0 Å². The molecule has 0 radical (unpaired) electrons. The first-order chi connectivity index (χ1) is 13.3. The van der Waals surface area contributed by atoms with E-state index < -0.39 is 0 Å². The Morgan fingerprint density at radius 2 is 1.56 bits per heavy atom. The molecule has 2 aliphatic rings. The first-order valence-corrected chi connectivity index (χ1v) is 10.3. The summed E-state index contributed by atoms with van der Waals surface area (Å²) < 4.78 is 6.23. The lowest BCUT2D eigenvalue weighted by molar-refractivity contribution is -0.122. The molecule has 1 saturated heterocycles. The van der Waals surface area contributed by atoms with E-state index in [0.717, 1.165) is 25.9 Å². The molecule has 0 N–H and O–H groups in total. The summed E-state index contributed by atoms with van der Waals surface area (Å²) in [6, 6.07) is 21.2. The summed E-state index contributed by atoms with van der Waals surface area (Å²) in [4.78, 5) is 14.6. The van der Waals surface area contributed by atoms with Crippen molar-refractivity contribution in [3.63, 3.8) is 0 Å². The molecule has 2 fully saturated rings. The number of carbonyl (C=O) groups excluding carboxylic acids is 1. The van der Waals surface area contributed by atoms with Crippen molar-refractivity contribution in [2.24, 2.45) is 0 Å². The summed E-state index contributed by atoms with van der Waals surface area (Å²) in [7, 11) is 0. The number of hydrogen-bond acceptors (Lipinski definition) is 3. The number of likely N-dealkylation sites (tertiary alicyclic amines) is 1. The lowest BCUT2D eigenvalue weighted by Crippen LogP contribution is -2.38. The van der Waals surface area contributed by atoms with Gasteiger partial charge in [0.15, 0.2) is 5.78 Å². The van der Waals surface area contributed by atoms with E-state index in [4.69, 9.17) is 4.74 Å². The summed E-state index contributed by atoms with van der Waals surface area (Å²) >= 11 is 0. The van der Waals surface area contributed by atoms with E-state index in [9.17, 15) is 4.79 Å². The topological polar surface area (TPSA) is 29.5 Å². The minimum absolute atomic E-state index is 0.0722. The van der Waals surface area contributed by atoms with E-state index in [1.165, 1.54) is 24.0 Å². The number of nitrogens with zero attached hydrogens (tertiary/aromatic N) is 1. The van der Waals surface area contributed by atoms with Crippen LogP contribution in [0.4, 0.5) is 0 Å². The highest BCUT2D eigenvalue weighted by Crippen LogP contribution is 2.34. The standard InChI is InChI=1S/C24H29NO2/c26-24-15-16-25(17-19-7-3-1-4-8-19)23(24)18-27-22-13-11-21(12-14-22)20-9-5-2-6-10-20/h1-10,21-23H,11-18H2. The molecule has 1 aliphatic carbocycles. The van der Waals surface area contributed by atoms with Gasteiger partial charge < -0.3 is 4.74 Å². The number of rotatable bonds is 6. The van der Waals surface area contributed by atoms with Crippen LogP contribution in [0.3, 0.4) is 0 Å². The minimum Gasteiger partial charge on any atom is -0.376 e. The molecule has 2 aromatic carbocycles. The summed E-state index contributed by atoms with van der Waals surface area (Å²) in [6.45, 7) is 2.23. The zero-order chi connectivity index (χ0) is 18.5. The molecule has 1 heterocycles. The molecule has 1 aliphatic heterocycles. The van der Waals surface area contributed by atoms with E-state index in [-0.39, 0.29) is 6.04 Å². The average molecular weight is 364 g/mol. The summed E-state index contributed by atoms with van der Waals surface area (Å²) in [5.74, 6) is 0.998. The zero-order valence-electron chi connectivity index (χ0n) is 15.9. The normalized spacial score (nSPS) is 26.4. The Bertz CT molecular complexity index is 723. The fourth-order valence-electron chi connectivity index (χ4n) is 4.50. The largest absolute Gasteiger partial charge is 0.376 e. The smallest absolute Gasteiger partial charge is 0.153 e. The van der Waals surface area contributed by atoms with Crippen molar-refractivity contribution in [2.45, 2.75) is 56.7 Å². The van der Waals surface area contributed by atoms with E-state index in [2.05, 4.69) is 59.5 Å². The second-order valence-corrected chi connectivity index (χ2v) is 7.91. The molecule has 1 saturated carbocycles. The molecule has 3 heteroatoms. The van der Waals surface area contributed by atoms with Gasteiger partial charge in [0.05, 0.1) is 18.8 Å².